The molecule has 1 rings (SSSR count). The minimum atomic E-state index is -0.0473. The topological polar surface area (TPSA) is 33.1 Å². The number of nitrogens with one attached hydrogen (secondary N) is 1. The molecule has 1 aliphatic rings. The highest BCUT2D eigenvalue weighted by Crippen LogP contribution is 2.35. The van der Waals surface area contributed by atoms with E-state index in [1.165, 1.54) is 11.1 Å². The third-order valence-corrected chi connectivity index (χ3v) is 3.55. The van der Waals surface area contributed by atoms with Gasteiger partial charge in [-0.1, -0.05) is 32.4 Å². The molecule has 2 heteroatoms. The summed E-state index contributed by atoms with van der Waals surface area (Å²) in [6, 6.07) is 0. The zero-order valence-corrected chi connectivity index (χ0v) is 11.4. The normalized spacial score (nSPS) is 17.6. The van der Waals surface area contributed by atoms with E-state index in [-0.39, 0.29) is 5.41 Å². The Balaban J connectivity index is 3.10. The van der Waals surface area contributed by atoms with Crippen LogP contribution >= 0.6 is 0 Å². The van der Waals surface area contributed by atoms with Crippen LogP contribution in [-0.2, 0) is 4.74 Å². The fraction of sp³-hybridized carbons (Fsp3) is 0.533. The number of ether oxygens (including phenoxy) is 1. The number of allylic oxidation sites excluding steroid dienone is 4. The van der Waals surface area contributed by atoms with Crippen LogP contribution in [-0.4, -0.2) is 12.8 Å². The first-order valence-corrected chi connectivity index (χ1v) is 6.15. The predicted octanol–water partition coefficient (Wildman–Crippen LogP) is 4.25. The van der Waals surface area contributed by atoms with Crippen LogP contribution in [0.15, 0.2) is 35.6 Å². The summed E-state index contributed by atoms with van der Waals surface area (Å²) >= 11 is 0. The average Bonchev–Trinajstić information content (AvgIpc) is 2.47. The van der Waals surface area contributed by atoms with E-state index < -0.39 is 0 Å². The molecule has 1 N–H and O–H groups in total. The van der Waals surface area contributed by atoms with E-state index in [1.807, 2.05) is 12.2 Å². The van der Waals surface area contributed by atoms with Crippen molar-refractivity contribution in [3.05, 3.63) is 35.6 Å². The molecule has 1 aliphatic carbocycles. The van der Waals surface area contributed by atoms with Crippen molar-refractivity contribution in [2.24, 2.45) is 5.41 Å². The van der Waals surface area contributed by atoms with Gasteiger partial charge in [0.1, 0.15) is 5.76 Å². The monoisotopic (exact) mass is 233 g/mol. The van der Waals surface area contributed by atoms with E-state index in [2.05, 4.69) is 27.4 Å². The maximum absolute atomic E-state index is 8.11. The van der Waals surface area contributed by atoms with Gasteiger partial charge < -0.3 is 4.74 Å². The molecule has 94 valence electrons. The van der Waals surface area contributed by atoms with Crippen LogP contribution in [0.4, 0.5) is 0 Å². The van der Waals surface area contributed by atoms with Crippen LogP contribution in [0, 0.1) is 10.8 Å². The average molecular weight is 233 g/mol. The Bertz CT molecular complexity index is 386. The Morgan fingerprint density at radius 1 is 1.47 bits per heavy atom. The molecule has 0 radical (unpaired) electrons. The van der Waals surface area contributed by atoms with E-state index in [1.54, 1.807) is 7.11 Å². The first-order valence-electron chi connectivity index (χ1n) is 6.15. The molecule has 0 saturated carbocycles. The molecule has 0 saturated heterocycles. The number of rotatable bonds is 4. The first-order chi connectivity index (χ1) is 7.96. The highest BCUT2D eigenvalue weighted by Gasteiger charge is 2.24. The van der Waals surface area contributed by atoms with Gasteiger partial charge >= 0.3 is 0 Å². The van der Waals surface area contributed by atoms with Gasteiger partial charge in [0.05, 0.1) is 12.8 Å². The van der Waals surface area contributed by atoms with E-state index in [4.69, 9.17) is 10.1 Å². The van der Waals surface area contributed by atoms with Crippen LogP contribution in [0.5, 0.6) is 0 Å². The number of hydrogen-bond acceptors (Lipinski definition) is 2. The fourth-order valence-electron chi connectivity index (χ4n) is 2.13. The molecule has 0 aromatic carbocycles. The Kier molecular flexibility index (Phi) is 4.33. The first kappa shape index (κ1) is 13.8. The van der Waals surface area contributed by atoms with Crippen molar-refractivity contribution in [2.45, 2.75) is 40.0 Å². The second-order valence-corrected chi connectivity index (χ2v) is 5.00. The molecule has 0 aliphatic heterocycles. The lowest BCUT2D eigenvalue weighted by molar-refractivity contribution is 0.308. The molecule has 0 atom stereocenters. The Hall–Kier alpha value is -1.31. The lowest BCUT2D eigenvalue weighted by Gasteiger charge is -2.23. The summed E-state index contributed by atoms with van der Waals surface area (Å²) in [5.41, 5.74) is 2.94. The van der Waals surface area contributed by atoms with Crippen LogP contribution in [0.25, 0.3) is 0 Å². The van der Waals surface area contributed by atoms with Crippen LogP contribution in [0.3, 0.4) is 0 Å². The molecule has 17 heavy (non-hydrogen) atoms. The SMILES string of the molecule is C=CC(C)(C)C1=CC(=N)C(OC)=C(CC)CC1. The lowest BCUT2D eigenvalue weighted by atomic mass is 9.81. The van der Waals surface area contributed by atoms with Gasteiger partial charge in [-0.15, -0.1) is 6.58 Å². The van der Waals surface area contributed by atoms with Crippen molar-refractivity contribution < 1.29 is 4.74 Å². The molecule has 0 bridgehead atoms. The molecular weight excluding hydrogens is 210 g/mol. The highest BCUT2D eigenvalue weighted by molar-refractivity contribution is 6.06. The van der Waals surface area contributed by atoms with E-state index in [0.717, 1.165) is 25.0 Å². The molecule has 0 aromatic heterocycles. The summed E-state index contributed by atoms with van der Waals surface area (Å²) in [6.07, 6.45) is 6.81. The van der Waals surface area contributed by atoms with Crippen molar-refractivity contribution in [2.75, 3.05) is 7.11 Å². The van der Waals surface area contributed by atoms with Gasteiger partial charge in [0.2, 0.25) is 0 Å². The maximum Gasteiger partial charge on any atom is 0.142 e. The van der Waals surface area contributed by atoms with Gasteiger partial charge in [-0.2, -0.15) is 0 Å². The number of hydrogen-bond donors (Lipinski definition) is 1. The Morgan fingerprint density at radius 2 is 2.12 bits per heavy atom. The van der Waals surface area contributed by atoms with Crippen LogP contribution in [0.2, 0.25) is 0 Å². The Labute approximate surface area is 105 Å². The molecule has 0 fully saturated rings. The van der Waals surface area contributed by atoms with E-state index in [9.17, 15) is 0 Å². The maximum atomic E-state index is 8.11. The van der Waals surface area contributed by atoms with Gasteiger partial charge in [-0.3, -0.25) is 5.41 Å². The summed E-state index contributed by atoms with van der Waals surface area (Å²) in [6.45, 7) is 10.3. The summed E-state index contributed by atoms with van der Waals surface area (Å²) in [4.78, 5) is 0. The summed E-state index contributed by atoms with van der Waals surface area (Å²) in [5.74, 6) is 0.752. The van der Waals surface area contributed by atoms with E-state index in [0.29, 0.717) is 5.71 Å². The summed E-state index contributed by atoms with van der Waals surface area (Å²) in [5, 5.41) is 8.11. The minimum Gasteiger partial charge on any atom is -0.495 e. The second-order valence-electron chi connectivity index (χ2n) is 5.00. The van der Waals surface area contributed by atoms with Gasteiger partial charge in [-0.25, -0.2) is 0 Å². The summed E-state index contributed by atoms with van der Waals surface area (Å²) in [7, 11) is 1.65. The number of methoxy groups -OCH3 is 1. The van der Waals surface area contributed by atoms with Crippen molar-refractivity contribution in [1.82, 2.24) is 0 Å². The lowest BCUT2D eigenvalue weighted by Crippen LogP contribution is -2.12. The van der Waals surface area contributed by atoms with Gasteiger partial charge in [-0.05, 0) is 30.9 Å². The molecule has 2 nitrogen and oxygen atoms in total. The largest absolute Gasteiger partial charge is 0.495 e. The van der Waals surface area contributed by atoms with Crippen molar-refractivity contribution in [3.63, 3.8) is 0 Å². The molecule has 0 heterocycles. The zero-order chi connectivity index (χ0) is 13.1. The minimum absolute atomic E-state index is 0.0473. The van der Waals surface area contributed by atoms with Crippen LogP contribution < -0.4 is 0 Å². The van der Waals surface area contributed by atoms with Gasteiger partial charge in [0.25, 0.3) is 0 Å². The molecule has 0 spiro atoms. The standard InChI is InChI=1S/C15H23NO/c1-6-11-8-9-12(15(3,4)7-2)10-13(16)14(11)17-5/h7,10,16H,2,6,8-9H2,1,3-5H3. The summed E-state index contributed by atoms with van der Waals surface area (Å²) < 4.78 is 5.37. The van der Waals surface area contributed by atoms with Crippen molar-refractivity contribution >= 4 is 5.71 Å². The Morgan fingerprint density at radius 3 is 2.59 bits per heavy atom. The van der Waals surface area contributed by atoms with Crippen molar-refractivity contribution in [1.29, 1.82) is 5.41 Å². The molecule has 0 aromatic rings. The molecular formula is C15H23NO. The second kappa shape index (κ2) is 5.35. The third-order valence-electron chi connectivity index (χ3n) is 3.55. The van der Waals surface area contributed by atoms with E-state index >= 15 is 0 Å². The van der Waals surface area contributed by atoms with Crippen LogP contribution in [0.1, 0.15) is 40.0 Å². The molecule has 0 unspecified atom stereocenters. The van der Waals surface area contributed by atoms with Gasteiger partial charge in [0.15, 0.2) is 0 Å². The quantitative estimate of drug-likeness (QED) is 0.723. The fourth-order valence-corrected chi connectivity index (χ4v) is 2.13. The predicted molar refractivity (Wildman–Crippen MR) is 73.3 cm³/mol. The van der Waals surface area contributed by atoms with Gasteiger partial charge in [0, 0.05) is 5.41 Å². The smallest absolute Gasteiger partial charge is 0.142 e. The molecule has 0 amide bonds. The zero-order valence-electron chi connectivity index (χ0n) is 11.4. The highest BCUT2D eigenvalue weighted by atomic mass is 16.5. The van der Waals surface area contributed by atoms with Crippen molar-refractivity contribution in [3.8, 4) is 0 Å². The third kappa shape index (κ3) is 2.87.